The lowest BCUT2D eigenvalue weighted by Crippen LogP contribution is -2.43. The number of aliphatic hydroxyl groups is 1. The summed E-state index contributed by atoms with van der Waals surface area (Å²) in [5.74, 6) is -2.99. The maximum Gasteiger partial charge on any atom is 0.322 e. The highest BCUT2D eigenvalue weighted by atomic mass is 16.4. The van der Waals surface area contributed by atoms with Gasteiger partial charge in [0.05, 0.1) is 0 Å². The van der Waals surface area contributed by atoms with E-state index < -0.39 is 24.3 Å². The number of aliphatic carboxylic acids is 1. The number of rotatable bonds is 5. The molecule has 128 valence electrons. The van der Waals surface area contributed by atoms with Crippen molar-refractivity contribution in [2.45, 2.75) is 26.8 Å². The number of benzene rings is 1. The zero-order chi connectivity index (χ0) is 17.9. The largest absolute Gasteiger partial charge is 0.511 e. The highest BCUT2D eigenvalue weighted by molar-refractivity contribution is 6.19. The SMILES string of the molecule is Cc1ccc(CN2CCC(O)=C(C(=O)NCC(=O)O)C2=O)c(C)c1. The molecule has 0 fully saturated rings. The van der Waals surface area contributed by atoms with Crippen molar-refractivity contribution in [1.29, 1.82) is 0 Å². The van der Waals surface area contributed by atoms with Gasteiger partial charge in [0.25, 0.3) is 11.8 Å². The van der Waals surface area contributed by atoms with Crippen LogP contribution in [0.25, 0.3) is 0 Å². The van der Waals surface area contributed by atoms with Gasteiger partial charge in [0.1, 0.15) is 17.9 Å². The number of hydrogen-bond donors (Lipinski definition) is 3. The number of amides is 2. The van der Waals surface area contributed by atoms with Crippen molar-refractivity contribution >= 4 is 17.8 Å². The molecule has 0 saturated heterocycles. The van der Waals surface area contributed by atoms with E-state index in [1.165, 1.54) is 4.90 Å². The average Bonchev–Trinajstić information content (AvgIpc) is 2.50. The van der Waals surface area contributed by atoms with E-state index in [2.05, 4.69) is 5.32 Å². The van der Waals surface area contributed by atoms with Crippen molar-refractivity contribution in [1.82, 2.24) is 10.2 Å². The summed E-state index contributed by atoms with van der Waals surface area (Å²) in [4.78, 5) is 36.5. The van der Waals surface area contributed by atoms with Crippen LogP contribution < -0.4 is 5.32 Å². The van der Waals surface area contributed by atoms with Gasteiger partial charge >= 0.3 is 5.97 Å². The fourth-order valence-electron chi connectivity index (χ4n) is 2.60. The number of carboxylic acids is 1. The summed E-state index contributed by atoms with van der Waals surface area (Å²) in [6.07, 6.45) is 0.159. The van der Waals surface area contributed by atoms with E-state index in [0.717, 1.165) is 16.7 Å². The number of hydrogen-bond acceptors (Lipinski definition) is 4. The molecule has 1 aliphatic heterocycles. The Bertz CT molecular complexity index is 724. The molecule has 1 aliphatic rings. The van der Waals surface area contributed by atoms with Gasteiger partial charge in [0.15, 0.2) is 0 Å². The van der Waals surface area contributed by atoms with Crippen LogP contribution in [0.4, 0.5) is 0 Å². The molecule has 7 heteroatoms. The van der Waals surface area contributed by atoms with Gasteiger partial charge in [-0.25, -0.2) is 0 Å². The summed E-state index contributed by atoms with van der Waals surface area (Å²) in [6, 6.07) is 5.89. The van der Waals surface area contributed by atoms with Crippen LogP contribution in [0, 0.1) is 13.8 Å². The fourth-order valence-corrected chi connectivity index (χ4v) is 2.60. The molecule has 1 heterocycles. The van der Waals surface area contributed by atoms with E-state index in [1.807, 2.05) is 32.0 Å². The Morgan fingerprint density at radius 2 is 2.00 bits per heavy atom. The van der Waals surface area contributed by atoms with E-state index in [-0.39, 0.29) is 17.8 Å². The highest BCUT2D eigenvalue weighted by Gasteiger charge is 2.32. The zero-order valence-electron chi connectivity index (χ0n) is 13.6. The maximum atomic E-state index is 12.5. The maximum absolute atomic E-state index is 12.5. The van der Waals surface area contributed by atoms with Crippen molar-refractivity contribution in [2.24, 2.45) is 0 Å². The summed E-state index contributed by atoms with van der Waals surface area (Å²) in [7, 11) is 0. The predicted octanol–water partition coefficient (Wildman–Crippen LogP) is 1.05. The molecule has 3 N–H and O–H groups in total. The standard InChI is InChI=1S/C17H20N2O5/c1-10-3-4-12(11(2)7-10)9-19-6-5-13(20)15(17(19)24)16(23)18-8-14(21)22/h3-4,7,20H,5-6,8-9H2,1-2H3,(H,18,23)(H,21,22). The van der Waals surface area contributed by atoms with Crippen LogP contribution in [-0.4, -0.2) is 46.0 Å². The van der Waals surface area contributed by atoms with Gasteiger partial charge in [-0.2, -0.15) is 0 Å². The zero-order valence-corrected chi connectivity index (χ0v) is 13.6. The smallest absolute Gasteiger partial charge is 0.322 e. The molecule has 0 aliphatic carbocycles. The van der Waals surface area contributed by atoms with Crippen LogP contribution in [-0.2, 0) is 20.9 Å². The fraction of sp³-hybridized carbons (Fsp3) is 0.353. The average molecular weight is 332 g/mol. The van der Waals surface area contributed by atoms with Crippen molar-refractivity contribution in [2.75, 3.05) is 13.1 Å². The first-order valence-corrected chi connectivity index (χ1v) is 7.57. The van der Waals surface area contributed by atoms with E-state index in [9.17, 15) is 19.5 Å². The summed E-state index contributed by atoms with van der Waals surface area (Å²) in [5, 5.41) is 20.6. The molecule has 0 unspecified atom stereocenters. The monoisotopic (exact) mass is 332 g/mol. The van der Waals surface area contributed by atoms with Crippen LogP contribution in [0.1, 0.15) is 23.1 Å². The molecular formula is C17H20N2O5. The Morgan fingerprint density at radius 1 is 1.29 bits per heavy atom. The summed E-state index contributed by atoms with van der Waals surface area (Å²) in [6.45, 7) is 3.95. The van der Waals surface area contributed by atoms with Crippen LogP contribution in [0.15, 0.2) is 29.5 Å². The van der Waals surface area contributed by atoms with Crippen molar-refractivity contribution in [3.05, 3.63) is 46.2 Å². The minimum Gasteiger partial charge on any atom is -0.511 e. The van der Waals surface area contributed by atoms with Crippen molar-refractivity contribution < 1.29 is 24.6 Å². The van der Waals surface area contributed by atoms with Crippen molar-refractivity contribution in [3.8, 4) is 0 Å². The number of aryl methyl sites for hydroxylation is 2. The lowest BCUT2D eigenvalue weighted by molar-refractivity contribution is -0.138. The predicted molar refractivity (Wildman–Crippen MR) is 86.3 cm³/mol. The summed E-state index contributed by atoms with van der Waals surface area (Å²) < 4.78 is 0. The molecular weight excluding hydrogens is 312 g/mol. The Labute approximate surface area is 139 Å². The quantitative estimate of drug-likeness (QED) is 0.699. The lowest BCUT2D eigenvalue weighted by atomic mass is 10.0. The summed E-state index contributed by atoms with van der Waals surface area (Å²) >= 11 is 0. The first kappa shape index (κ1) is 17.5. The van der Waals surface area contributed by atoms with Crippen molar-refractivity contribution in [3.63, 3.8) is 0 Å². The van der Waals surface area contributed by atoms with Gasteiger partial charge in [-0.15, -0.1) is 0 Å². The van der Waals surface area contributed by atoms with Gasteiger partial charge in [0, 0.05) is 19.5 Å². The molecule has 1 aromatic carbocycles. The Morgan fingerprint density at radius 3 is 2.62 bits per heavy atom. The molecule has 0 aromatic heterocycles. The third-order valence-corrected chi connectivity index (χ3v) is 3.89. The Hall–Kier alpha value is -2.83. The molecule has 2 rings (SSSR count). The molecule has 24 heavy (non-hydrogen) atoms. The number of aliphatic hydroxyl groups excluding tert-OH is 1. The first-order chi connectivity index (χ1) is 11.3. The second-order valence-corrected chi connectivity index (χ2v) is 5.80. The van der Waals surface area contributed by atoms with E-state index in [0.29, 0.717) is 13.1 Å². The third-order valence-electron chi connectivity index (χ3n) is 3.89. The van der Waals surface area contributed by atoms with Gasteiger partial charge < -0.3 is 20.4 Å². The van der Waals surface area contributed by atoms with Crippen LogP contribution >= 0.6 is 0 Å². The summed E-state index contributed by atoms with van der Waals surface area (Å²) in [5.41, 5.74) is 2.74. The molecule has 2 amide bonds. The second-order valence-electron chi connectivity index (χ2n) is 5.80. The normalized spacial score (nSPS) is 14.8. The molecule has 1 aromatic rings. The molecule has 0 saturated carbocycles. The molecule has 0 atom stereocenters. The molecule has 0 spiro atoms. The topological polar surface area (TPSA) is 107 Å². The number of carbonyl (C=O) groups is 3. The highest BCUT2D eigenvalue weighted by Crippen LogP contribution is 2.21. The van der Waals surface area contributed by atoms with Gasteiger partial charge in [-0.3, -0.25) is 14.4 Å². The first-order valence-electron chi connectivity index (χ1n) is 7.57. The Kier molecular flexibility index (Phi) is 5.23. The van der Waals surface area contributed by atoms with Gasteiger partial charge in [-0.1, -0.05) is 23.8 Å². The minimum absolute atomic E-state index is 0.159. The van der Waals surface area contributed by atoms with E-state index in [4.69, 9.17) is 5.11 Å². The number of carbonyl (C=O) groups excluding carboxylic acids is 2. The number of carboxylic acid groups (broad SMARTS) is 1. The minimum atomic E-state index is -1.22. The molecule has 0 radical (unpaired) electrons. The number of nitrogens with one attached hydrogen (secondary N) is 1. The van der Waals surface area contributed by atoms with Crippen LogP contribution in [0.3, 0.4) is 0 Å². The van der Waals surface area contributed by atoms with E-state index in [1.54, 1.807) is 0 Å². The van der Waals surface area contributed by atoms with Crippen LogP contribution in [0.2, 0.25) is 0 Å². The van der Waals surface area contributed by atoms with Gasteiger partial charge in [-0.05, 0) is 25.0 Å². The van der Waals surface area contributed by atoms with Gasteiger partial charge in [0.2, 0.25) is 0 Å². The molecule has 7 nitrogen and oxygen atoms in total. The molecule has 0 bridgehead atoms. The lowest BCUT2D eigenvalue weighted by Gasteiger charge is -2.28. The Balaban J connectivity index is 2.16. The van der Waals surface area contributed by atoms with Crippen LogP contribution in [0.5, 0.6) is 0 Å². The number of nitrogens with zero attached hydrogens (tertiary/aromatic N) is 1. The second kappa shape index (κ2) is 7.16. The van der Waals surface area contributed by atoms with E-state index >= 15 is 0 Å². The third kappa shape index (κ3) is 3.92.